The van der Waals surface area contributed by atoms with Crippen LogP contribution in [0.1, 0.15) is 59.6 Å². The number of hydrogen-bond donors (Lipinski definition) is 0. The van der Waals surface area contributed by atoms with E-state index in [1.807, 2.05) is 6.92 Å². The van der Waals surface area contributed by atoms with E-state index in [9.17, 15) is 4.79 Å². The second-order valence-corrected chi connectivity index (χ2v) is 7.28. The lowest BCUT2D eigenvalue weighted by Gasteiger charge is -2.11. The Balaban J connectivity index is 2.40. The van der Waals surface area contributed by atoms with E-state index in [4.69, 9.17) is 4.98 Å². The lowest BCUT2D eigenvalue weighted by molar-refractivity contribution is 0.101. The van der Waals surface area contributed by atoms with Crippen molar-refractivity contribution in [3.8, 4) is 11.3 Å². The Hall–Kier alpha value is -2.42. The number of carbonyl (C=O) groups excluding carboxylic acids is 1. The molecule has 3 aromatic rings. The zero-order chi connectivity index (χ0) is 19.0. The molecular formula is C23H28N2O. The lowest BCUT2D eigenvalue weighted by Crippen LogP contribution is -2.03. The fourth-order valence-electron chi connectivity index (χ4n) is 4.02. The third-order valence-corrected chi connectivity index (χ3v) is 5.30. The fourth-order valence-corrected chi connectivity index (χ4v) is 4.02. The van der Waals surface area contributed by atoms with E-state index in [2.05, 4.69) is 56.5 Å². The highest BCUT2D eigenvalue weighted by Crippen LogP contribution is 2.36. The summed E-state index contributed by atoms with van der Waals surface area (Å²) in [6.45, 7) is 13.1. The van der Waals surface area contributed by atoms with Crippen LogP contribution in [-0.4, -0.2) is 15.3 Å². The maximum absolute atomic E-state index is 12.2. The molecule has 136 valence electrons. The molecule has 0 N–H and O–H groups in total. The number of benzene rings is 1. The molecule has 0 fully saturated rings. The van der Waals surface area contributed by atoms with E-state index in [1.165, 1.54) is 22.5 Å². The van der Waals surface area contributed by atoms with Gasteiger partial charge in [0.05, 0.1) is 11.2 Å². The van der Waals surface area contributed by atoms with Gasteiger partial charge in [0, 0.05) is 34.4 Å². The number of carbonyl (C=O) groups is 1. The number of nitrogens with zero attached hydrogens (tertiary/aromatic N) is 2. The third kappa shape index (κ3) is 2.96. The highest BCUT2D eigenvalue weighted by Gasteiger charge is 2.22. The van der Waals surface area contributed by atoms with Gasteiger partial charge in [-0.05, 0) is 46.6 Å². The van der Waals surface area contributed by atoms with E-state index in [0.717, 1.165) is 47.1 Å². The molecule has 1 aromatic carbocycles. The number of unbranched alkanes of at least 4 members (excludes halogenated alkanes) is 1. The zero-order valence-corrected chi connectivity index (χ0v) is 16.7. The SMILES string of the molecule is CCCCn1c(-c2ccc(C)cc2)c2nc(C)c(C(C)=O)c(C)c2c1C. The smallest absolute Gasteiger partial charge is 0.161 e. The van der Waals surface area contributed by atoms with Gasteiger partial charge in [0.15, 0.2) is 5.78 Å². The molecule has 2 aromatic heterocycles. The minimum Gasteiger partial charge on any atom is -0.342 e. The Kier molecular flexibility index (Phi) is 4.99. The van der Waals surface area contributed by atoms with Crippen LogP contribution < -0.4 is 0 Å². The van der Waals surface area contributed by atoms with Crippen molar-refractivity contribution in [3.63, 3.8) is 0 Å². The summed E-state index contributed by atoms with van der Waals surface area (Å²) in [6.07, 6.45) is 2.27. The molecular weight excluding hydrogens is 320 g/mol. The maximum atomic E-state index is 12.2. The van der Waals surface area contributed by atoms with Crippen molar-refractivity contribution < 1.29 is 4.79 Å². The molecule has 0 unspecified atom stereocenters. The molecule has 26 heavy (non-hydrogen) atoms. The van der Waals surface area contributed by atoms with Gasteiger partial charge in [-0.2, -0.15) is 0 Å². The predicted molar refractivity (Wildman–Crippen MR) is 109 cm³/mol. The predicted octanol–water partition coefficient (Wildman–Crippen LogP) is 5.94. The molecule has 0 bridgehead atoms. The Morgan fingerprint density at radius 3 is 2.31 bits per heavy atom. The van der Waals surface area contributed by atoms with Gasteiger partial charge in [0.1, 0.15) is 0 Å². The van der Waals surface area contributed by atoms with E-state index in [-0.39, 0.29) is 5.78 Å². The van der Waals surface area contributed by atoms with E-state index in [1.54, 1.807) is 6.92 Å². The summed E-state index contributed by atoms with van der Waals surface area (Å²) in [5.74, 6) is 0.0898. The summed E-state index contributed by atoms with van der Waals surface area (Å²) in [7, 11) is 0. The number of Topliss-reactive ketones (excluding diaryl/α,β-unsaturated/α-hetero) is 1. The van der Waals surface area contributed by atoms with Crippen molar-refractivity contribution in [2.45, 2.75) is 60.9 Å². The first-order valence-electron chi connectivity index (χ1n) is 9.44. The average molecular weight is 348 g/mol. The van der Waals surface area contributed by atoms with Crippen molar-refractivity contribution in [1.29, 1.82) is 0 Å². The first kappa shape index (κ1) is 18.4. The second kappa shape index (κ2) is 7.06. The highest BCUT2D eigenvalue weighted by molar-refractivity contribution is 6.05. The molecule has 2 heterocycles. The van der Waals surface area contributed by atoms with Gasteiger partial charge in [-0.25, -0.2) is 0 Å². The summed E-state index contributed by atoms with van der Waals surface area (Å²) in [5.41, 5.74) is 8.48. The molecule has 3 rings (SSSR count). The van der Waals surface area contributed by atoms with Gasteiger partial charge in [0.25, 0.3) is 0 Å². The average Bonchev–Trinajstić information content (AvgIpc) is 2.85. The first-order valence-corrected chi connectivity index (χ1v) is 9.44. The van der Waals surface area contributed by atoms with Crippen LogP contribution in [0.15, 0.2) is 24.3 Å². The van der Waals surface area contributed by atoms with E-state index < -0.39 is 0 Å². The maximum Gasteiger partial charge on any atom is 0.161 e. The molecule has 3 nitrogen and oxygen atoms in total. The first-order chi connectivity index (χ1) is 12.4. The number of hydrogen-bond acceptors (Lipinski definition) is 2. The molecule has 3 heteroatoms. The normalized spacial score (nSPS) is 11.3. The minimum atomic E-state index is 0.0898. The van der Waals surface area contributed by atoms with Crippen LogP contribution in [-0.2, 0) is 6.54 Å². The van der Waals surface area contributed by atoms with Crippen LogP contribution in [0.4, 0.5) is 0 Å². The number of pyridine rings is 1. The van der Waals surface area contributed by atoms with Crippen LogP contribution in [0, 0.1) is 27.7 Å². The lowest BCUT2D eigenvalue weighted by atomic mass is 9.99. The second-order valence-electron chi connectivity index (χ2n) is 7.28. The molecule has 0 radical (unpaired) electrons. The topological polar surface area (TPSA) is 34.9 Å². The molecule has 0 saturated heterocycles. The molecule has 0 spiro atoms. The van der Waals surface area contributed by atoms with Crippen molar-refractivity contribution in [1.82, 2.24) is 9.55 Å². The molecule has 0 saturated carbocycles. The standard InChI is InChI=1S/C23H28N2O/c1-7-8-13-25-17(5)21-15(3)20(18(6)26)16(4)24-22(21)23(25)19-11-9-14(2)10-12-19/h9-12H,7-8,13H2,1-6H3. The number of fused-ring (bicyclic) bond motifs is 1. The highest BCUT2D eigenvalue weighted by atomic mass is 16.1. The summed E-state index contributed by atoms with van der Waals surface area (Å²) >= 11 is 0. The fraction of sp³-hybridized carbons (Fsp3) is 0.391. The van der Waals surface area contributed by atoms with Crippen molar-refractivity contribution in [2.75, 3.05) is 0 Å². The van der Waals surface area contributed by atoms with Gasteiger partial charge < -0.3 is 4.57 Å². The Labute approximate surface area is 156 Å². The zero-order valence-electron chi connectivity index (χ0n) is 16.7. The Morgan fingerprint density at radius 2 is 1.73 bits per heavy atom. The van der Waals surface area contributed by atoms with Gasteiger partial charge >= 0.3 is 0 Å². The third-order valence-electron chi connectivity index (χ3n) is 5.30. The summed E-state index contributed by atoms with van der Waals surface area (Å²) in [5, 5.41) is 1.13. The molecule has 0 amide bonds. The van der Waals surface area contributed by atoms with E-state index >= 15 is 0 Å². The Morgan fingerprint density at radius 1 is 1.08 bits per heavy atom. The largest absolute Gasteiger partial charge is 0.342 e. The van der Waals surface area contributed by atoms with Crippen LogP contribution in [0.2, 0.25) is 0 Å². The number of aryl methyl sites for hydroxylation is 4. The van der Waals surface area contributed by atoms with Crippen molar-refractivity contribution in [3.05, 3.63) is 52.3 Å². The van der Waals surface area contributed by atoms with Crippen molar-refractivity contribution >= 4 is 16.7 Å². The number of aromatic nitrogens is 2. The van der Waals surface area contributed by atoms with Crippen LogP contribution in [0.25, 0.3) is 22.2 Å². The van der Waals surface area contributed by atoms with Gasteiger partial charge in [-0.3, -0.25) is 9.78 Å². The van der Waals surface area contributed by atoms with Crippen LogP contribution in [0.5, 0.6) is 0 Å². The number of rotatable bonds is 5. The summed E-state index contributed by atoms with van der Waals surface area (Å²) in [4.78, 5) is 17.1. The molecule has 0 aliphatic heterocycles. The monoisotopic (exact) mass is 348 g/mol. The molecule has 0 aliphatic rings. The van der Waals surface area contributed by atoms with Gasteiger partial charge in [-0.15, -0.1) is 0 Å². The van der Waals surface area contributed by atoms with E-state index in [0.29, 0.717) is 0 Å². The molecule has 0 atom stereocenters. The summed E-state index contributed by atoms with van der Waals surface area (Å²) in [6, 6.07) is 8.66. The quantitative estimate of drug-likeness (QED) is 0.535. The summed E-state index contributed by atoms with van der Waals surface area (Å²) < 4.78 is 2.39. The van der Waals surface area contributed by atoms with Gasteiger partial charge in [-0.1, -0.05) is 43.2 Å². The van der Waals surface area contributed by atoms with Gasteiger partial charge in [0.2, 0.25) is 0 Å². The Bertz CT molecular complexity index is 978. The van der Waals surface area contributed by atoms with Crippen molar-refractivity contribution in [2.24, 2.45) is 0 Å². The minimum absolute atomic E-state index is 0.0898. The van der Waals surface area contributed by atoms with Crippen LogP contribution >= 0.6 is 0 Å². The molecule has 0 aliphatic carbocycles. The van der Waals surface area contributed by atoms with Crippen LogP contribution in [0.3, 0.4) is 0 Å². The number of ketones is 1.